The molecule has 2 atom stereocenters. The molecule has 0 spiro atoms. The van der Waals surface area contributed by atoms with Gasteiger partial charge < -0.3 is 10.6 Å². The van der Waals surface area contributed by atoms with Gasteiger partial charge >= 0.3 is 6.18 Å². The number of nitrogens with zero attached hydrogens (tertiary/aromatic N) is 1. The molecule has 27 heavy (non-hydrogen) atoms. The molecule has 2 N–H and O–H groups in total. The second-order valence-electron chi connectivity index (χ2n) is 7.78. The Hall–Kier alpha value is -1.60. The van der Waals surface area contributed by atoms with Crippen LogP contribution in [-0.2, 0) is 17.5 Å². The van der Waals surface area contributed by atoms with E-state index in [0.29, 0.717) is 24.6 Å². The number of likely N-dealkylation sites (tertiary alicyclic amines) is 1. The number of hydrogen-bond acceptors (Lipinski definition) is 3. The summed E-state index contributed by atoms with van der Waals surface area (Å²) < 4.78 is 38.5. The zero-order valence-corrected chi connectivity index (χ0v) is 15.7. The molecule has 2 aliphatic heterocycles. The summed E-state index contributed by atoms with van der Waals surface area (Å²) >= 11 is 0. The Balaban J connectivity index is 1.51. The average Bonchev–Trinajstić information content (AvgIpc) is 3.16. The van der Waals surface area contributed by atoms with Crippen molar-refractivity contribution in [3.05, 3.63) is 34.9 Å². The third kappa shape index (κ3) is 5.45. The van der Waals surface area contributed by atoms with Gasteiger partial charge in [-0.05, 0) is 74.9 Å². The van der Waals surface area contributed by atoms with Crippen LogP contribution in [0.2, 0.25) is 0 Å². The monoisotopic (exact) mass is 383 g/mol. The van der Waals surface area contributed by atoms with Crippen LogP contribution in [0.1, 0.15) is 42.4 Å². The van der Waals surface area contributed by atoms with Crippen LogP contribution in [0.3, 0.4) is 0 Å². The van der Waals surface area contributed by atoms with Gasteiger partial charge in [-0.1, -0.05) is 6.07 Å². The Morgan fingerprint density at radius 1 is 1.30 bits per heavy atom. The molecule has 0 radical (unpaired) electrons. The lowest BCUT2D eigenvalue weighted by Gasteiger charge is -2.33. The Kier molecular flexibility index (Phi) is 6.42. The van der Waals surface area contributed by atoms with Crippen molar-refractivity contribution < 1.29 is 18.0 Å². The van der Waals surface area contributed by atoms with Gasteiger partial charge in [0.25, 0.3) is 0 Å². The Morgan fingerprint density at radius 3 is 2.78 bits per heavy atom. The molecule has 2 fully saturated rings. The van der Waals surface area contributed by atoms with E-state index in [1.165, 1.54) is 12.1 Å². The van der Waals surface area contributed by atoms with Crippen molar-refractivity contribution in [1.29, 1.82) is 0 Å². The zero-order chi connectivity index (χ0) is 19.4. The molecule has 1 aromatic carbocycles. The van der Waals surface area contributed by atoms with E-state index in [1.54, 1.807) is 13.0 Å². The van der Waals surface area contributed by atoms with Gasteiger partial charge in [0.2, 0.25) is 5.91 Å². The molecule has 7 heteroatoms. The van der Waals surface area contributed by atoms with Gasteiger partial charge in [-0.25, -0.2) is 0 Å². The van der Waals surface area contributed by atoms with Gasteiger partial charge in [0.1, 0.15) is 0 Å². The molecule has 0 bridgehead atoms. The van der Waals surface area contributed by atoms with Crippen LogP contribution in [0.15, 0.2) is 18.2 Å². The van der Waals surface area contributed by atoms with Gasteiger partial charge in [-0.15, -0.1) is 0 Å². The molecule has 2 unspecified atom stereocenters. The lowest BCUT2D eigenvalue weighted by Crippen LogP contribution is -2.45. The molecule has 1 aromatic rings. The first kappa shape index (κ1) is 20.1. The van der Waals surface area contributed by atoms with Crippen molar-refractivity contribution in [3.63, 3.8) is 0 Å². The summed E-state index contributed by atoms with van der Waals surface area (Å²) in [5, 5.41) is 6.27. The van der Waals surface area contributed by atoms with Gasteiger partial charge in [0.15, 0.2) is 0 Å². The third-order valence-corrected chi connectivity index (χ3v) is 5.61. The highest BCUT2D eigenvalue weighted by atomic mass is 19.4. The van der Waals surface area contributed by atoms with E-state index in [1.807, 2.05) is 0 Å². The summed E-state index contributed by atoms with van der Waals surface area (Å²) in [5.41, 5.74) is 1.01. The quantitative estimate of drug-likeness (QED) is 0.821. The molecule has 2 saturated heterocycles. The highest BCUT2D eigenvalue weighted by Crippen LogP contribution is 2.31. The summed E-state index contributed by atoms with van der Waals surface area (Å²) in [4.78, 5) is 14.4. The van der Waals surface area contributed by atoms with E-state index in [-0.39, 0.29) is 11.9 Å². The lowest BCUT2D eigenvalue weighted by molar-refractivity contribution is -0.137. The highest BCUT2D eigenvalue weighted by Gasteiger charge is 2.31. The molecule has 150 valence electrons. The minimum Gasteiger partial charge on any atom is -0.354 e. The Morgan fingerprint density at radius 2 is 2.11 bits per heavy atom. The minimum atomic E-state index is -4.30. The smallest absolute Gasteiger partial charge is 0.354 e. The molecule has 0 saturated carbocycles. The summed E-state index contributed by atoms with van der Waals surface area (Å²) in [7, 11) is 0. The number of amides is 1. The van der Waals surface area contributed by atoms with Crippen molar-refractivity contribution in [2.75, 3.05) is 26.2 Å². The molecule has 4 nitrogen and oxygen atoms in total. The topological polar surface area (TPSA) is 44.4 Å². The number of nitrogens with one attached hydrogen (secondary N) is 2. The fourth-order valence-electron chi connectivity index (χ4n) is 4.03. The summed E-state index contributed by atoms with van der Waals surface area (Å²) in [6.07, 6.45) is -0.244. The molecule has 3 rings (SSSR count). The summed E-state index contributed by atoms with van der Waals surface area (Å²) in [5.74, 6) is 0.474. The third-order valence-electron chi connectivity index (χ3n) is 5.61. The van der Waals surface area contributed by atoms with Crippen molar-refractivity contribution >= 4 is 5.91 Å². The average molecular weight is 383 g/mol. The Labute approximate surface area is 158 Å². The van der Waals surface area contributed by atoms with E-state index < -0.39 is 11.7 Å². The van der Waals surface area contributed by atoms with Gasteiger partial charge in [-0.3, -0.25) is 9.69 Å². The van der Waals surface area contributed by atoms with Gasteiger partial charge in [-0.2, -0.15) is 13.2 Å². The molecule has 0 aliphatic carbocycles. The maximum atomic E-state index is 12.8. The maximum absolute atomic E-state index is 12.8. The number of hydrogen-bond donors (Lipinski definition) is 2. The number of benzene rings is 1. The van der Waals surface area contributed by atoms with Crippen molar-refractivity contribution in [2.45, 2.75) is 51.4 Å². The van der Waals surface area contributed by atoms with E-state index >= 15 is 0 Å². The first-order valence-electron chi connectivity index (χ1n) is 9.73. The predicted octanol–water partition coefficient (Wildman–Crippen LogP) is 3.09. The van der Waals surface area contributed by atoms with Crippen LogP contribution in [0, 0.1) is 12.8 Å². The lowest BCUT2D eigenvalue weighted by atomic mass is 9.96. The standard InChI is InChI=1S/C20H28F3N3O/c1-14-10-17(20(21,22)23)7-6-16(14)13-26-9-3-4-15(12-26)11-25-19(27)18-5-2-8-24-18/h6-7,10,15,18,24H,2-5,8-9,11-13H2,1H3,(H,25,27). The number of rotatable bonds is 5. The summed E-state index contributed by atoms with van der Waals surface area (Å²) in [6, 6.07) is 3.93. The van der Waals surface area contributed by atoms with Crippen LogP contribution >= 0.6 is 0 Å². The number of carbonyl (C=O) groups excluding carboxylic acids is 1. The first-order valence-corrected chi connectivity index (χ1v) is 9.73. The fraction of sp³-hybridized carbons (Fsp3) is 0.650. The maximum Gasteiger partial charge on any atom is 0.416 e. The van der Waals surface area contributed by atoms with Crippen molar-refractivity contribution in [3.8, 4) is 0 Å². The molecule has 2 aliphatic rings. The second-order valence-corrected chi connectivity index (χ2v) is 7.78. The van der Waals surface area contributed by atoms with Crippen LogP contribution in [-0.4, -0.2) is 43.0 Å². The van der Waals surface area contributed by atoms with Crippen LogP contribution < -0.4 is 10.6 Å². The van der Waals surface area contributed by atoms with Gasteiger partial charge in [0, 0.05) is 19.6 Å². The van der Waals surface area contributed by atoms with E-state index in [2.05, 4.69) is 15.5 Å². The number of piperidine rings is 1. The first-order chi connectivity index (χ1) is 12.8. The summed E-state index contributed by atoms with van der Waals surface area (Å²) in [6.45, 7) is 5.76. The van der Waals surface area contributed by atoms with Crippen LogP contribution in [0.4, 0.5) is 13.2 Å². The van der Waals surface area contributed by atoms with Crippen molar-refractivity contribution in [1.82, 2.24) is 15.5 Å². The minimum absolute atomic E-state index is 0.0560. The van der Waals surface area contributed by atoms with Crippen molar-refractivity contribution in [2.24, 2.45) is 5.92 Å². The number of aryl methyl sites for hydroxylation is 1. The SMILES string of the molecule is Cc1cc(C(F)(F)F)ccc1CN1CCCC(CNC(=O)C2CCCN2)C1. The van der Waals surface area contributed by atoms with Gasteiger partial charge in [0.05, 0.1) is 11.6 Å². The number of alkyl halides is 3. The fourth-order valence-corrected chi connectivity index (χ4v) is 4.03. The normalized spacial score (nSPS) is 24.1. The molecule has 1 amide bonds. The number of carbonyl (C=O) groups is 1. The van der Waals surface area contributed by atoms with E-state index in [4.69, 9.17) is 0 Å². The van der Waals surface area contributed by atoms with Crippen LogP contribution in [0.5, 0.6) is 0 Å². The second kappa shape index (κ2) is 8.61. The van der Waals surface area contributed by atoms with E-state index in [0.717, 1.165) is 50.9 Å². The molecule has 0 aromatic heterocycles. The molecular weight excluding hydrogens is 355 g/mol. The largest absolute Gasteiger partial charge is 0.416 e. The molecule has 2 heterocycles. The molecular formula is C20H28F3N3O. The van der Waals surface area contributed by atoms with E-state index in [9.17, 15) is 18.0 Å². The van der Waals surface area contributed by atoms with Crippen LogP contribution in [0.25, 0.3) is 0 Å². The highest BCUT2D eigenvalue weighted by molar-refractivity contribution is 5.81. The zero-order valence-electron chi connectivity index (χ0n) is 15.7. The number of halogens is 3. The predicted molar refractivity (Wildman–Crippen MR) is 98.2 cm³/mol. The Bertz CT molecular complexity index is 656.